The second-order valence-electron chi connectivity index (χ2n) is 5.27. The summed E-state index contributed by atoms with van der Waals surface area (Å²) in [5, 5.41) is 4.31. The van der Waals surface area contributed by atoms with Crippen molar-refractivity contribution >= 4 is 23.2 Å². The molecule has 0 unspecified atom stereocenters. The molecule has 0 aliphatic carbocycles. The minimum absolute atomic E-state index is 0.0918. The average Bonchev–Trinajstić information content (AvgIpc) is 2.61. The molecule has 1 N–H and O–H groups in total. The lowest BCUT2D eigenvalue weighted by molar-refractivity contribution is 0.409. The van der Waals surface area contributed by atoms with Crippen molar-refractivity contribution in [1.82, 2.24) is 14.8 Å². The molecule has 3 aromatic rings. The molecular formula is C17H13Cl2N3O4. The van der Waals surface area contributed by atoms with E-state index in [1.54, 1.807) is 43.5 Å². The molecule has 0 aliphatic rings. The summed E-state index contributed by atoms with van der Waals surface area (Å²) < 4.78 is 12.0. The molecule has 134 valence electrons. The van der Waals surface area contributed by atoms with Crippen molar-refractivity contribution in [2.75, 3.05) is 7.11 Å². The highest BCUT2D eigenvalue weighted by molar-refractivity contribution is 6.37. The standard InChI is InChI=1S/C17H13Cl2N3O4/c1-25-11-3-2-4-12(7-11)26-16-13(18)5-10(6-14(16)19)9-22-17(24)21-15(23)8-20-22/h2-8H,9H2,1H3,(H,21,23,24). The third-order valence-corrected chi connectivity index (χ3v) is 3.99. The number of nitrogens with one attached hydrogen (secondary N) is 1. The zero-order valence-corrected chi connectivity index (χ0v) is 15.0. The highest BCUT2D eigenvalue weighted by Gasteiger charge is 2.12. The Balaban J connectivity index is 1.88. The first kappa shape index (κ1) is 18.0. The zero-order chi connectivity index (χ0) is 18.7. The van der Waals surface area contributed by atoms with Crippen LogP contribution in [0.15, 0.2) is 52.2 Å². The van der Waals surface area contributed by atoms with Crippen molar-refractivity contribution in [3.8, 4) is 17.2 Å². The third-order valence-electron chi connectivity index (χ3n) is 3.43. The van der Waals surface area contributed by atoms with Crippen LogP contribution in [-0.4, -0.2) is 21.9 Å². The van der Waals surface area contributed by atoms with Crippen molar-refractivity contribution in [3.05, 3.63) is 79.0 Å². The number of benzene rings is 2. The monoisotopic (exact) mass is 393 g/mol. The van der Waals surface area contributed by atoms with Crippen LogP contribution in [0.4, 0.5) is 0 Å². The molecule has 0 radical (unpaired) electrons. The maximum atomic E-state index is 11.7. The molecule has 26 heavy (non-hydrogen) atoms. The predicted octanol–water partition coefficient (Wildman–Crippen LogP) is 3.09. The number of ether oxygens (including phenoxy) is 2. The fraction of sp³-hybridized carbons (Fsp3) is 0.118. The zero-order valence-electron chi connectivity index (χ0n) is 13.5. The minimum atomic E-state index is -0.624. The van der Waals surface area contributed by atoms with Gasteiger partial charge in [0.15, 0.2) is 5.75 Å². The molecule has 3 rings (SSSR count). The molecule has 0 bridgehead atoms. The normalized spacial score (nSPS) is 10.6. The van der Waals surface area contributed by atoms with E-state index in [0.717, 1.165) is 10.9 Å². The molecule has 7 nitrogen and oxygen atoms in total. The van der Waals surface area contributed by atoms with Crippen molar-refractivity contribution in [2.24, 2.45) is 0 Å². The molecule has 0 saturated heterocycles. The summed E-state index contributed by atoms with van der Waals surface area (Å²) in [6.45, 7) is 0.0918. The summed E-state index contributed by atoms with van der Waals surface area (Å²) >= 11 is 12.6. The number of methoxy groups -OCH3 is 1. The first-order chi connectivity index (χ1) is 12.5. The fourth-order valence-corrected chi connectivity index (χ4v) is 2.86. The number of H-pyrrole nitrogens is 1. The van der Waals surface area contributed by atoms with Gasteiger partial charge in [-0.15, -0.1) is 0 Å². The van der Waals surface area contributed by atoms with Crippen LogP contribution in [0, 0.1) is 0 Å². The summed E-state index contributed by atoms with van der Waals surface area (Å²) in [4.78, 5) is 24.9. The summed E-state index contributed by atoms with van der Waals surface area (Å²) in [5.74, 6) is 1.43. The van der Waals surface area contributed by atoms with Gasteiger partial charge in [-0.1, -0.05) is 29.3 Å². The number of aromatic amines is 1. The molecule has 0 spiro atoms. The summed E-state index contributed by atoms with van der Waals surface area (Å²) in [6, 6.07) is 10.2. The Labute approximate surface area is 157 Å². The summed E-state index contributed by atoms with van der Waals surface area (Å²) in [6.07, 6.45) is 1.02. The molecule has 0 amide bonds. The molecule has 0 atom stereocenters. The van der Waals surface area contributed by atoms with Crippen molar-refractivity contribution in [3.63, 3.8) is 0 Å². The van der Waals surface area contributed by atoms with Crippen LogP contribution in [0.25, 0.3) is 0 Å². The SMILES string of the molecule is COc1cccc(Oc2c(Cl)cc(Cn3ncc(=O)[nH]c3=O)cc2Cl)c1. The maximum Gasteiger partial charge on any atom is 0.345 e. The fourth-order valence-electron chi connectivity index (χ4n) is 2.25. The summed E-state index contributed by atoms with van der Waals surface area (Å²) in [7, 11) is 1.56. The Morgan fingerprint density at radius 1 is 1.12 bits per heavy atom. The summed E-state index contributed by atoms with van der Waals surface area (Å²) in [5.41, 5.74) is -0.564. The first-order valence-corrected chi connectivity index (χ1v) is 8.18. The Bertz CT molecular complexity index is 1040. The van der Waals surface area contributed by atoms with E-state index < -0.39 is 11.2 Å². The van der Waals surface area contributed by atoms with Gasteiger partial charge in [0.1, 0.15) is 17.7 Å². The van der Waals surface area contributed by atoms with Crippen LogP contribution in [-0.2, 0) is 6.54 Å². The van der Waals surface area contributed by atoms with Crippen LogP contribution in [0.3, 0.4) is 0 Å². The molecule has 0 aliphatic heterocycles. The lowest BCUT2D eigenvalue weighted by Crippen LogP contribution is -2.31. The molecule has 1 heterocycles. The van der Waals surface area contributed by atoms with E-state index >= 15 is 0 Å². The molecular weight excluding hydrogens is 381 g/mol. The van der Waals surface area contributed by atoms with E-state index in [4.69, 9.17) is 32.7 Å². The highest BCUT2D eigenvalue weighted by Crippen LogP contribution is 2.38. The first-order valence-electron chi connectivity index (χ1n) is 7.42. The molecule has 0 saturated carbocycles. The van der Waals surface area contributed by atoms with Crippen molar-refractivity contribution in [1.29, 1.82) is 0 Å². The lowest BCUT2D eigenvalue weighted by Gasteiger charge is -2.12. The minimum Gasteiger partial charge on any atom is -0.497 e. The number of aromatic nitrogens is 3. The van der Waals surface area contributed by atoms with Gasteiger partial charge in [-0.05, 0) is 29.8 Å². The quantitative estimate of drug-likeness (QED) is 0.719. The van der Waals surface area contributed by atoms with Gasteiger partial charge in [-0.25, -0.2) is 9.48 Å². The molecule has 1 aromatic heterocycles. The number of hydrogen-bond donors (Lipinski definition) is 1. The van der Waals surface area contributed by atoms with Gasteiger partial charge in [-0.2, -0.15) is 5.10 Å². The number of halogens is 2. The van der Waals surface area contributed by atoms with E-state index in [-0.39, 0.29) is 22.3 Å². The Morgan fingerprint density at radius 2 is 1.81 bits per heavy atom. The van der Waals surface area contributed by atoms with E-state index in [9.17, 15) is 9.59 Å². The smallest absolute Gasteiger partial charge is 0.345 e. The number of rotatable bonds is 5. The topological polar surface area (TPSA) is 86.2 Å². The number of hydrogen-bond acceptors (Lipinski definition) is 5. The van der Waals surface area contributed by atoms with E-state index in [2.05, 4.69) is 10.1 Å². The highest BCUT2D eigenvalue weighted by atomic mass is 35.5. The Hall–Kier alpha value is -2.77. The van der Waals surface area contributed by atoms with Crippen LogP contribution < -0.4 is 20.7 Å². The van der Waals surface area contributed by atoms with Crippen LogP contribution >= 0.6 is 23.2 Å². The van der Waals surface area contributed by atoms with Gasteiger partial charge in [0.05, 0.1) is 23.7 Å². The second kappa shape index (κ2) is 7.63. The van der Waals surface area contributed by atoms with Crippen molar-refractivity contribution in [2.45, 2.75) is 6.54 Å². The average molecular weight is 394 g/mol. The lowest BCUT2D eigenvalue weighted by atomic mass is 10.2. The van der Waals surface area contributed by atoms with E-state index in [0.29, 0.717) is 17.1 Å². The van der Waals surface area contributed by atoms with Crippen LogP contribution in [0.5, 0.6) is 17.2 Å². The van der Waals surface area contributed by atoms with Gasteiger partial charge in [0, 0.05) is 6.07 Å². The molecule has 2 aromatic carbocycles. The Kier molecular flexibility index (Phi) is 5.29. The van der Waals surface area contributed by atoms with Gasteiger partial charge < -0.3 is 9.47 Å². The van der Waals surface area contributed by atoms with E-state index in [1.807, 2.05) is 0 Å². The van der Waals surface area contributed by atoms with Crippen LogP contribution in [0.2, 0.25) is 10.0 Å². The van der Waals surface area contributed by atoms with Crippen molar-refractivity contribution < 1.29 is 9.47 Å². The van der Waals surface area contributed by atoms with Gasteiger partial charge >= 0.3 is 5.69 Å². The third kappa shape index (κ3) is 4.07. The maximum absolute atomic E-state index is 11.7. The predicted molar refractivity (Wildman–Crippen MR) is 97.7 cm³/mol. The second-order valence-corrected chi connectivity index (χ2v) is 6.08. The van der Waals surface area contributed by atoms with Crippen LogP contribution in [0.1, 0.15) is 5.56 Å². The Morgan fingerprint density at radius 3 is 2.46 bits per heavy atom. The van der Waals surface area contributed by atoms with Gasteiger partial charge in [0.2, 0.25) is 0 Å². The van der Waals surface area contributed by atoms with E-state index in [1.165, 1.54) is 0 Å². The molecule has 9 heteroatoms. The molecule has 0 fully saturated rings. The van der Waals surface area contributed by atoms with Gasteiger partial charge in [-0.3, -0.25) is 9.78 Å². The number of nitrogens with zero attached hydrogens (tertiary/aromatic N) is 2. The van der Waals surface area contributed by atoms with Gasteiger partial charge in [0.25, 0.3) is 5.56 Å². The largest absolute Gasteiger partial charge is 0.497 e.